The van der Waals surface area contributed by atoms with E-state index in [2.05, 4.69) is 53.3 Å². The fourth-order valence-corrected chi connectivity index (χ4v) is 3.37. The normalized spacial score (nSPS) is 21.3. The summed E-state index contributed by atoms with van der Waals surface area (Å²) in [6.07, 6.45) is 4.51. The van der Waals surface area contributed by atoms with E-state index in [9.17, 15) is 0 Å². The van der Waals surface area contributed by atoms with Gasteiger partial charge in [-0.15, -0.1) is 0 Å². The lowest BCUT2D eigenvalue weighted by molar-refractivity contribution is 0.172. The molecule has 1 aromatic heterocycles. The number of pyridine rings is 1. The van der Waals surface area contributed by atoms with E-state index in [1.54, 1.807) is 0 Å². The van der Waals surface area contributed by atoms with Crippen molar-refractivity contribution in [2.45, 2.75) is 32.7 Å². The molecule has 3 rings (SSSR count). The molecule has 1 fully saturated rings. The van der Waals surface area contributed by atoms with Crippen LogP contribution in [0.15, 0.2) is 36.5 Å². The highest BCUT2D eigenvalue weighted by Crippen LogP contribution is 2.25. The van der Waals surface area contributed by atoms with Crippen LogP contribution >= 0.6 is 0 Å². The van der Waals surface area contributed by atoms with Gasteiger partial charge in [0.05, 0.1) is 11.2 Å². The molecule has 2 heterocycles. The second-order valence-corrected chi connectivity index (χ2v) is 6.11. The fourth-order valence-electron chi connectivity index (χ4n) is 3.37. The van der Waals surface area contributed by atoms with Gasteiger partial charge in [-0.25, -0.2) is 0 Å². The highest BCUT2D eigenvalue weighted by Gasteiger charge is 2.24. The van der Waals surface area contributed by atoms with Gasteiger partial charge in [0.1, 0.15) is 0 Å². The standard InChI is InChI=1S/C18H25N3/c1-3-21-12-6-9-16(13-21)14(2)20-17-10-4-7-15-8-5-11-19-18(15)17/h4-5,7-8,10-11,14,16,20H,3,6,9,12-13H2,1-2H3. The summed E-state index contributed by atoms with van der Waals surface area (Å²) in [5.41, 5.74) is 2.24. The van der Waals surface area contributed by atoms with E-state index >= 15 is 0 Å². The molecular formula is C18H25N3. The minimum atomic E-state index is 0.479. The lowest BCUT2D eigenvalue weighted by atomic mass is 9.91. The Kier molecular flexibility index (Phi) is 4.39. The fraction of sp³-hybridized carbons (Fsp3) is 0.500. The van der Waals surface area contributed by atoms with E-state index in [1.165, 1.54) is 37.9 Å². The summed E-state index contributed by atoms with van der Waals surface area (Å²) in [5.74, 6) is 0.720. The molecule has 2 aromatic rings. The van der Waals surface area contributed by atoms with Crippen LogP contribution in [0.5, 0.6) is 0 Å². The van der Waals surface area contributed by atoms with Gasteiger partial charge in [-0.3, -0.25) is 4.98 Å². The molecule has 0 bridgehead atoms. The van der Waals surface area contributed by atoms with E-state index in [0.717, 1.165) is 17.1 Å². The van der Waals surface area contributed by atoms with Gasteiger partial charge in [0.2, 0.25) is 0 Å². The van der Waals surface area contributed by atoms with E-state index in [-0.39, 0.29) is 0 Å². The van der Waals surface area contributed by atoms with Crippen molar-refractivity contribution in [2.75, 3.05) is 25.0 Å². The molecule has 1 saturated heterocycles. The summed E-state index contributed by atoms with van der Waals surface area (Å²) in [5, 5.41) is 4.91. The molecule has 3 nitrogen and oxygen atoms in total. The van der Waals surface area contributed by atoms with Crippen LogP contribution in [0.25, 0.3) is 10.9 Å². The summed E-state index contributed by atoms with van der Waals surface area (Å²) < 4.78 is 0. The van der Waals surface area contributed by atoms with Crippen LogP contribution in [-0.4, -0.2) is 35.6 Å². The van der Waals surface area contributed by atoms with Crippen LogP contribution in [0, 0.1) is 5.92 Å². The van der Waals surface area contributed by atoms with Crippen LogP contribution in [0.2, 0.25) is 0 Å². The molecule has 1 N–H and O–H groups in total. The molecule has 1 aromatic carbocycles. The molecule has 0 amide bonds. The molecular weight excluding hydrogens is 258 g/mol. The average molecular weight is 283 g/mol. The Balaban J connectivity index is 1.75. The zero-order valence-electron chi connectivity index (χ0n) is 13.0. The Morgan fingerprint density at radius 3 is 3.05 bits per heavy atom. The van der Waals surface area contributed by atoms with Gasteiger partial charge in [-0.2, -0.15) is 0 Å². The number of hydrogen-bond acceptors (Lipinski definition) is 3. The van der Waals surface area contributed by atoms with Crippen molar-refractivity contribution in [3.63, 3.8) is 0 Å². The summed E-state index contributed by atoms with van der Waals surface area (Å²) in [6, 6.07) is 11.0. The summed E-state index contributed by atoms with van der Waals surface area (Å²) in [4.78, 5) is 7.10. The minimum absolute atomic E-state index is 0.479. The first-order valence-corrected chi connectivity index (χ1v) is 8.10. The lowest BCUT2D eigenvalue weighted by Crippen LogP contribution is -2.41. The molecule has 3 heteroatoms. The first-order chi connectivity index (χ1) is 10.3. The molecule has 0 aliphatic carbocycles. The van der Waals surface area contributed by atoms with Crippen molar-refractivity contribution in [1.82, 2.24) is 9.88 Å². The zero-order chi connectivity index (χ0) is 14.7. The van der Waals surface area contributed by atoms with Crippen molar-refractivity contribution in [1.29, 1.82) is 0 Å². The molecule has 0 saturated carbocycles. The number of piperidine rings is 1. The SMILES string of the molecule is CCN1CCCC(C(C)Nc2cccc3cccnc23)C1. The second kappa shape index (κ2) is 6.44. The van der Waals surface area contributed by atoms with Gasteiger partial charge in [0, 0.05) is 24.2 Å². The molecule has 0 spiro atoms. The Labute approximate surface area is 127 Å². The smallest absolute Gasteiger partial charge is 0.0933 e. The lowest BCUT2D eigenvalue weighted by Gasteiger charge is -2.35. The van der Waals surface area contributed by atoms with Gasteiger partial charge in [-0.05, 0) is 50.9 Å². The van der Waals surface area contributed by atoms with Crippen molar-refractivity contribution in [3.8, 4) is 0 Å². The number of likely N-dealkylation sites (tertiary alicyclic amines) is 1. The third-order valence-electron chi connectivity index (χ3n) is 4.71. The summed E-state index contributed by atoms with van der Waals surface area (Å²) >= 11 is 0. The molecule has 2 atom stereocenters. The topological polar surface area (TPSA) is 28.2 Å². The summed E-state index contributed by atoms with van der Waals surface area (Å²) in [6.45, 7) is 8.21. The Hall–Kier alpha value is -1.61. The van der Waals surface area contributed by atoms with Crippen LogP contribution < -0.4 is 5.32 Å². The highest BCUT2D eigenvalue weighted by molar-refractivity contribution is 5.90. The van der Waals surface area contributed by atoms with Gasteiger partial charge in [0.25, 0.3) is 0 Å². The Morgan fingerprint density at radius 2 is 2.19 bits per heavy atom. The number of anilines is 1. The maximum Gasteiger partial charge on any atom is 0.0933 e. The van der Waals surface area contributed by atoms with Crippen LogP contribution in [0.3, 0.4) is 0 Å². The van der Waals surface area contributed by atoms with Crippen LogP contribution in [0.4, 0.5) is 5.69 Å². The number of rotatable bonds is 4. The number of para-hydroxylation sites is 1. The van der Waals surface area contributed by atoms with Gasteiger partial charge < -0.3 is 10.2 Å². The third kappa shape index (κ3) is 3.18. The Bertz CT molecular complexity index is 591. The van der Waals surface area contributed by atoms with E-state index in [1.807, 2.05) is 12.3 Å². The third-order valence-corrected chi connectivity index (χ3v) is 4.71. The number of nitrogens with one attached hydrogen (secondary N) is 1. The minimum Gasteiger partial charge on any atom is -0.381 e. The molecule has 1 aliphatic heterocycles. The van der Waals surface area contributed by atoms with Crippen molar-refractivity contribution in [3.05, 3.63) is 36.5 Å². The largest absolute Gasteiger partial charge is 0.381 e. The van der Waals surface area contributed by atoms with Gasteiger partial charge in [0.15, 0.2) is 0 Å². The van der Waals surface area contributed by atoms with Crippen LogP contribution in [-0.2, 0) is 0 Å². The second-order valence-electron chi connectivity index (χ2n) is 6.11. The van der Waals surface area contributed by atoms with Crippen LogP contribution in [0.1, 0.15) is 26.7 Å². The van der Waals surface area contributed by atoms with Gasteiger partial charge >= 0.3 is 0 Å². The number of benzene rings is 1. The van der Waals surface area contributed by atoms with Crippen molar-refractivity contribution in [2.24, 2.45) is 5.92 Å². The first kappa shape index (κ1) is 14.3. The molecule has 112 valence electrons. The number of fused-ring (bicyclic) bond motifs is 1. The Morgan fingerprint density at radius 1 is 1.33 bits per heavy atom. The van der Waals surface area contributed by atoms with E-state index in [0.29, 0.717) is 6.04 Å². The van der Waals surface area contributed by atoms with Crippen molar-refractivity contribution >= 4 is 16.6 Å². The first-order valence-electron chi connectivity index (χ1n) is 8.10. The number of aromatic nitrogens is 1. The monoisotopic (exact) mass is 283 g/mol. The predicted molar refractivity (Wildman–Crippen MR) is 89.7 cm³/mol. The predicted octanol–water partition coefficient (Wildman–Crippen LogP) is 3.77. The number of nitrogens with zero attached hydrogens (tertiary/aromatic N) is 2. The quantitative estimate of drug-likeness (QED) is 0.926. The molecule has 0 radical (unpaired) electrons. The zero-order valence-corrected chi connectivity index (χ0v) is 13.0. The molecule has 1 aliphatic rings. The maximum absolute atomic E-state index is 4.54. The highest BCUT2D eigenvalue weighted by atomic mass is 15.1. The summed E-state index contributed by atoms with van der Waals surface area (Å²) in [7, 11) is 0. The van der Waals surface area contributed by atoms with E-state index < -0.39 is 0 Å². The maximum atomic E-state index is 4.54. The van der Waals surface area contributed by atoms with Gasteiger partial charge in [-0.1, -0.05) is 25.1 Å². The average Bonchev–Trinajstić information content (AvgIpc) is 2.55. The van der Waals surface area contributed by atoms with E-state index in [4.69, 9.17) is 0 Å². The molecule has 21 heavy (non-hydrogen) atoms. The molecule has 2 unspecified atom stereocenters. The number of hydrogen-bond donors (Lipinski definition) is 1. The van der Waals surface area contributed by atoms with Crippen molar-refractivity contribution < 1.29 is 0 Å².